The van der Waals surface area contributed by atoms with Crippen molar-refractivity contribution in [2.75, 3.05) is 12.4 Å². The topological polar surface area (TPSA) is 89.3 Å². The van der Waals surface area contributed by atoms with Crippen LogP contribution in [0.4, 0.5) is 11.4 Å². The smallest absolute Gasteiger partial charge is 0.288 e. The molecule has 0 saturated heterocycles. The first-order valence-corrected chi connectivity index (χ1v) is 7.22. The highest BCUT2D eigenvalue weighted by atomic mass is 32.2. The first-order valence-electron chi connectivity index (χ1n) is 5.74. The molecule has 0 fully saturated rings. The highest BCUT2D eigenvalue weighted by molar-refractivity contribution is 7.91. The lowest BCUT2D eigenvalue weighted by atomic mass is 10.3. The molecule has 0 amide bonds. The molecule has 0 aliphatic rings. The number of nitrogens with one attached hydrogen (secondary N) is 1. The van der Waals surface area contributed by atoms with Crippen LogP contribution in [0.2, 0.25) is 0 Å². The highest BCUT2D eigenvalue weighted by Gasteiger charge is 2.28. The first-order chi connectivity index (χ1) is 9.48. The van der Waals surface area contributed by atoms with E-state index in [2.05, 4.69) is 5.32 Å². The maximum Gasteiger partial charge on any atom is 0.288 e. The van der Waals surface area contributed by atoms with E-state index in [0.717, 1.165) is 0 Å². The van der Waals surface area contributed by atoms with E-state index in [4.69, 9.17) is 0 Å². The van der Waals surface area contributed by atoms with E-state index in [1.807, 2.05) is 0 Å². The molecule has 2 rings (SSSR count). The fourth-order valence-electron chi connectivity index (χ4n) is 1.86. The summed E-state index contributed by atoms with van der Waals surface area (Å²) in [6.07, 6.45) is 0. The molecule has 2 aromatic rings. The van der Waals surface area contributed by atoms with Crippen LogP contribution in [0.3, 0.4) is 0 Å². The largest absolute Gasteiger partial charge is 0.387 e. The van der Waals surface area contributed by atoms with Crippen molar-refractivity contribution in [1.82, 2.24) is 0 Å². The van der Waals surface area contributed by atoms with Crippen LogP contribution in [-0.2, 0) is 9.84 Å². The maximum absolute atomic E-state index is 12.6. The number of nitro benzene ring substituents is 1. The van der Waals surface area contributed by atoms with Gasteiger partial charge in [0.05, 0.1) is 15.5 Å². The van der Waals surface area contributed by atoms with Crippen molar-refractivity contribution in [3.05, 3.63) is 58.6 Å². The van der Waals surface area contributed by atoms with Crippen LogP contribution in [0.25, 0.3) is 0 Å². The van der Waals surface area contributed by atoms with Gasteiger partial charge in [-0.15, -0.1) is 0 Å². The van der Waals surface area contributed by atoms with Crippen LogP contribution >= 0.6 is 0 Å². The number of para-hydroxylation sites is 2. The molecule has 0 aliphatic heterocycles. The van der Waals surface area contributed by atoms with Gasteiger partial charge >= 0.3 is 0 Å². The lowest BCUT2D eigenvalue weighted by molar-refractivity contribution is -0.387. The molecule has 0 heterocycles. The van der Waals surface area contributed by atoms with E-state index in [1.165, 1.54) is 30.3 Å². The third-order valence-corrected chi connectivity index (χ3v) is 4.66. The Labute approximate surface area is 116 Å². The van der Waals surface area contributed by atoms with Crippen molar-refractivity contribution in [1.29, 1.82) is 0 Å². The Morgan fingerprint density at radius 2 is 1.55 bits per heavy atom. The predicted octanol–water partition coefficient (Wildman–Crippen LogP) is 2.47. The number of hydrogen-bond acceptors (Lipinski definition) is 5. The number of nitrogens with zero attached hydrogens (tertiary/aromatic N) is 1. The van der Waals surface area contributed by atoms with Crippen molar-refractivity contribution >= 4 is 21.2 Å². The van der Waals surface area contributed by atoms with Gasteiger partial charge in [0.1, 0.15) is 4.90 Å². The van der Waals surface area contributed by atoms with E-state index in [0.29, 0.717) is 5.69 Å². The zero-order chi connectivity index (χ0) is 14.8. The van der Waals surface area contributed by atoms with Gasteiger partial charge < -0.3 is 5.32 Å². The second kappa shape index (κ2) is 5.30. The summed E-state index contributed by atoms with van der Waals surface area (Å²) in [5.41, 5.74) is -0.0379. The minimum Gasteiger partial charge on any atom is -0.387 e. The lowest BCUT2D eigenvalue weighted by Gasteiger charge is -2.10. The Bertz CT molecular complexity index is 756. The van der Waals surface area contributed by atoms with Gasteiger partial charge in [0.25, 0.3) is 5.69 Å². The quantitative estimate of drug-likeness (QED) is 0.690. The molecule has 7 heteroatoms. The van der Waals surface area contributed by atoms with Gasteiger partial charge in [-0.05, 0) is 18.2 Å². The third-order valence-electron chi connectivity index (χ3n) is 2.80. The summed E-state index contributed by atoms with van der Waals surface area (Å²) in [6, 6.07) is 11.6. The first kappa shape index (κ1) is 14.0. The molecule has 20 heavy (non-hydrogen) atoms. The molecule has 0 radical (unpaired) electrons. The molecule has 6 nitrogen and oxygen atoms in total. The number of hydrogen-bond donors (Lipinski definition) is 1. The number of benzene rings is 2. The summed E-state index contributed by atoms with van der Waals surface area (Å²) in [4.78, 5) is 9.98. The minimum atomic E-state index is -3.96. The van der Waals surface area contributed by atoms with Gasteiger partial charge in [0.2, 0.25) is 9.84 Å². The number of rotatable bonds is 4. The third kappa shape index (κ3) is 2.35. The number of sulfone groups is 1. The molecular weight excluding hydrogens is 280 g/mol. The Morgan fingerprint density at radius 1 is 1.00 bits per heavy atom. The van der Waals surface area contributed by atoms with Crippen molar-refractivity contribution in [2.24, 2.45) is 0 Å². The average molecular weight is 292 g/mol. The molecule has 0 atom stereocenters. The summed E-state index contributed by atoms with van der Waals surface area (Å²) < 4.78 is 25.2. The van der Waals surface area contributed by atoms with E-state index in [9.17, 15) is 18.5 Å². The molecule has 0 spiro atoms. The van der Waals surface area contributed by atoms with E-state index in [1.54, 1.807) is 25.2 Å². The van der Waals surface area contributed by atoms with Crippen LogP contribution in [-0.4, -0.2) is 20.4 Å². The zero-order valence-corrected chi connectivity index (χ0v) is 11.4. The van der Waals surface area contributed by atoms with Crippen LogP contribution in [0.5, 0.6) is 0 Å². The van der Waals surface area contributed by atoms with Gasteiger partial charge in [0.15, 0.2) is 0 Å². The Balaban J connectivity index is 2.71. The monoisotopic (exact) mass is 292 g/mol. The van der Waals surface area contributed by atoms with Gasteiger partial charge in [0, 0.05) is 13.1 Å². The fourth-order valence-corrected chi connectivity index (χ4v) is 3.49. The summed E-state index contributed by atoms with van der Waals surface area (Å²) >= 11 is 0. The lowest BCUT2D eigenvalue weighted by Crippen LogP contribution is -2.08. The molecule has 0 aromatic heterocycles. The molecule has 0 unspecified atom stereocenters. The molecule has 1 N–H and O–H groups in total. The minimum absolute atomic E-state index is 0.0109. The van der Waals surface area contributed by atoms with Crippen LogP contribution in [0.1, 0.15) is 0 Å². The van der Waals surface area contributed by atoms with Gasteiger partial charge in [-0.3, -0.25) is 10.1 Å². The van der Waals surface area contributed by atoms with Gasteiger partial charge in [-0.1, -0.05) is 24.3 Å². The second-order valence-electron chi connectivity index (χ2n) is 3.97. The summed E-state index contributed by atoms with van der Waals surface area (Å²) in [5.74, 6) is 0. The number of nitro groups is 1. The zero-order valence-electron chi connectivity index (χ0n) is 10.6. The summed E-state index contributed by atoms with van der Waals surface area (Å²) in [7, 11) is -2.37. The van der Waals surface area contributed by atoms with Crippen LogP contribution in [0, 0.1) is 10.1 Å². The molecule has 104 valence electrons. The molecule has 0 saturated carbocycles. The van der Waals surface area contributed by atoms with E-state index in [-0.39, 0.29) is 9.79 Å². The fraction of sp³-hybridized carbons (Fsp3) is 0.0769. The normalized spacial score (nSPS) is 11.1. The maximum atomic E-state index is 12.6. The summed E-state index contributed by atoms with van der Waals surface area (Å²) in [6.45, 7) is 0. The van der Waals surface area contributed by atoms with Crippen molar-refractivity contribution in [3.8, 4) is 0 Å². The van der Waals surface area contributed by atoms with E-state index >= 15 is 0 Å². The molecule has 0 bridgehead atoms. The Kier molecular flexibility index (Phi) is 3.71. The Hall–Kier alpha value is -2.41. The standard InChI is InChI=1S/C13H12N2O4S/c1-14-10-6-2-4-8-12(10)20(18,19)13-9-5-3-7-11(13)15(16)17/h2-9,14H,1H3. The molecule has 2 aromatic carbocycles. The van der Waals surface area contributed by atoms with Crippen LogP contribution in [0.15, 0.2) is 58.3 Å². The van der Waals surface area contributed by atoms with Crippen molar-refractivity contribution in [2.45, 2.75) is 9.79 Å². The predicted molar refractivity (Wildman–Crippen MR) is 74.5 cm³/mol. The SMILES string of the molecule is CNc1ccccc1S(=O)(=O)c1ccccc1[N+](=O)[O-]. The van der Waals surface area contributed by atoms with Gasteiger partial charge in [-0.25, -0.2) is 8.42 Å². The Morgan fingerprint density at radius 3 is 2.15 bits per heavy atom. The van der Waals surface area contributed by atoms with Gasteiger partial charge in [-0.2, -0.15) is 0 Å². The van der Waals surface area contributed by atoms with E-state index < -0.39 is 20.4 Å². The number of anilines is 1. The highest BCUT2D eigenvalue weighted by Crippen LogP contribution is 2.32. The van der Waals surface area contributed by atoms with Crippen LogP contribution < -0.4 is 5.32 Å². The molecule has 0 aliphatic carbocycles. The summed E-state index contributed by atoms with van der Waals surface area (Å²) in [5, 5.41) is 13.8. The average Bonchev–Trinajstić information content (AvgIpc) is 2.47. The van der Waals surface area contributed by atoms with Crippen molar-refractivity contribution < 1.29 is 13.3 Å². The second-order valence-corrected chi connectivity index (χ2v) is 5.86. The van der Waals surface area contributed by atoms with Crippen molar-refractivity contribution in [3.63, 3.8) is 0 Å². The molecular formula is C13H12N2O4S.